The van der Waals surface area contributed by atoms with Gasteiger partial charge in [-0.05, 0) is 25.6 Å². The van der Waals surface area contributed by atoms with Gasteiger partial charge in [0.05, 0.1) is 6.04 Å². The quantitative estimate of drug-likeness (QED) is 0.802. The van der Waals surface area contributed by atoms with Crippen molar-refractivity contribution in [1.82, 2.24) is 14.8 Å². The summed E-state index contributed by atoms with van der Waals surface area (Å²) in [6.07, 6.45) is 3.72. The molecule has 1 amide bonds. The first-order valence-electron chi connectivity index (χ1n) is 6.81. The van der Waals surface area contributed by atoms with E-state index in [4.69, 9.17) is 0 Å². The molecule has 0 atom stereocenters. The van der Waals surface area contributed by atoms with Crippen LogP contribution >= 0.6 is 0 Å². The Morgan fingerprint density at radius 1 is 1.47 bits per heavy atom. The Morgan fingerprint density at radius 2 is 2.21 bits per heavy atom. The highest BCUT2D eigenvalue weighted by molar-refractivity contribution is 5.93. The Balaban J connectivity index is 2.11. The van der Waals surface area contributed by atoms with Gasteiger partial charge >= 0.3 is 0 Å². The SMILES string of the molecule is CCCCNC(=O)c1cccn(C2CN(C)C2)c1=O. The van der Waals surface area contributed by atoms with E-state index in [1.165, 1.54) is 0 Å². The van der Waals surface area contributed by atoms with Crippen LogP contribution in [0.5, 0.6) is 0 Å². The number of rotatable bonds is 5. The number of carbonyl (C=O) groups is 1. The Hall–Kier alpha value is -1.62. The maximum Gasteiger partial charge on any atom is 0.263 e. The lowest BCUT2D eigenvalue weighted by Crippen LogP contribution is -2.48. The van der Waals surface area contributed by atoms with Crippen LogP contribution < -0.4 is 10.9 Å². The molecule has 1 aliphatic heterocycles. The number of nitrogens with one attached hydrogen (secondary N) is 1. The number of amides is 1. The van der Waals surface area contributed by atoms with Gasteiger partial charge in [-0.3, -0.25) is 9.59 Å². The number of nitrogens with zero attached hydrogens (tertiary/aromatic N) is 2. The van der Waals surface area contributed by atoms with Gasteiger partial charge in [-0.15, -0.1) is 0 Å². The van der Waals surface area contributed by atoms with E-state index >= 15 is 0 Å². The van der Waals surface area contributed by atoms with Gasteiger partial charge in [0, 0.05) is 25.8 Å². The number of likely N-dealkylation sites (N-methyl/N-ethyl adjacent to an activating group) is 1. The molecular formula is C14H21N3O2. The van der Waals surface area contributed by atoms with Gasteiger partial charge in [0.25, 0.3) is 11.5 Å². The van der Waals surface area contributed by atoms with Crippen LogP contribution in [-0.4, -0.2) is 42.1 Å². The van der Waals surface area contributed by atoms with Gasteiger partial charge < -0.3 is 14.8 Å². The van der Waals surface area contributed by atoms with E-state index in [0.29, 0.717) is 6.54 Å². The highest BCUT2D eigenvalue weighted by Gasteiger charge is 2.26. The minimum absolute atomic E-state index is 0.186. The van der Waals surface area contributed by atoms with Crippen molar-refractivity contribution in [2.75, 3.05) is 26.7 Å². The summed E-state index contributed by atoms with van der Waals surface area (Å²) >= 11 is 0. The van der Waals surface area contributed by atoms with Gasteiger partial charge in [0.2, 0.25) is 0 Å². The molecule has 0 spiro atoms. The van der Waals surface area contributed by atoms with Gasteiger partial charge in [0.15, 0.2) is 0 Å². The number of aromatic nitrogens is 1. The minimum atomic E-state index is -0.263. The summed E-state index contributed by atoms with van der Waals surface area (Å²) in [5.41, 5.74) is 0.0581. The van der Waals surface area contributed by atoms with Crippen LogP contribution in [0.15, 0.2) is 23.1 Å². The molecule has 1 N–H and O–H groups in total. The average molecular weight is 263 g/mol. The van der Waals surface area contributed by atoms with Crippen molar-refractivity contribution in [3.63, 3.8) is 0 Å². The Labute approximate surface area is 113 Å². The number of hydrogen-bond donors (Lipinski definition) is 1. The monoisotopic (exact) mass is 263 g/mol. The van der Waals surface area contributed by atoms with Crippen LogP contribution in [0.25, 0.3) is 0 Å². The molecule has 2 rings (SSSR count). The zero-order chi connectivity index (χ0) is 13.8. The van der Waals surface area contributed by atoms with Crippen molar-refractivity contribution >= 4 is 5.91 Å². The first-order chi connectivity index (χ1) is 9.13. The first kappa shape index (κ1) is 13.8. The molecule has 0 bridgehead atoms. The van der Waals surface area contributed by atoms with Crippen LogP contribution in [-0.2, 0) is 0 Å². The van der Waals surface area contributed by atoms with Crippen LogP contribution in [0, 0.1) is 0 Å². The van der Waals surface area contributed by atoms with Crippen LogP contribution in [0.1, 0.15) is 36.2 Å². The van der Waals surface area contributed by atoms with Crippen molar-refractivity contribution in [2.24, 2.45) is 0 Å². The number of likely N-dealkylation sites (tertiary alicyclic amines) is 1. The van der Waals surface area contributed by atoms with E-state index in [0.717, 1.165) is 25.9 Å². The average Bonchev–Trinajstić information content (AvgIpc) is 2.36. The van der Waals surface area contributed by atoms with E-state index in [-0.39, 0.29) is 23.1 Å². The summed E-state index contributed by atoms with van der Waals surface area (Å²) in [4.78, 5) is 26.4. The Morgan fingerprint density at radius 3 is 2.84 bits per heavy atom. The molecule has 5 heteroatoms. The van der Waals surface area contributed by atoms with E-state index in [2.05, 4.69) is 17.1 Å². The molecule has 0 saturated carbocycles. The van der Waals surface area contributed by atoms with E-state index in [1.807, 2.05) is 7.05 Å². The van der Waals surface area contributed by atoms with Crippen molar-refractivity contribution in [3.05, 3.63) is 34.2 Å². The lowest BCUT2D eigenvalue weighted by Gasteiger charge is -2.37. The fourth-order valence-electron chi connectivity index (χ4n) is 2.29. The second kappa shape index (κ2) is 6.02. The molecule has 1 aromatic rings. The standard InChI is InChI=1S/C14H21N3O2/c1-3-4-7-15-13(18)12-6-5-8-17(14(12)19)11-9-16(2)10-11/h5-6,8,11H,3-4,7,9-10H2,1-2H3,(H,15,18). The molecule has 5 nitrogen and oxygen atoms in total. The molecule has 0 aromatic carbocycles. The maximum absolute atomic E-state index is 12.3. The molecule has 2 heterocycles. The van der Waals surface area contributed by atoms with Gasteiger partial charge in [0.1, 0.15) is 5.56 Å². The number of pyridine rings is 1. The second-order valence-corrected chi connectivity index (χ2v) is 5.12. The van der Waals surface area contributed by atoms with Crippen LogP contribution in [0.4, 0.5) is 0 Å². The summed E-state index contributed by atoms with van der Waals surface area (Å²) in [7, 11) is 2.02. The molecular weight excluding hydrogens is 242 g/mol. The molecule has 1 aromatic heterocycles. The van der Waals surface area contributed by atoms with Crippen molar-refractivity contribution < 1.29 is 4.79 Å². The third kappa shape index (κ3) is 3.04. The minimum Gasteiger partial charge on any atom is -0.352 e. The lowest BCUT2D eigenvalue weighted by molar-refractivity contribution is 0.0948. The molecule has 19 heavy (non-hydrogen) atoms. The molecule has 1 aliphatic rings. The normalized spacial score (nSPS) is 16.1. The third-order valence-electron chi connectivity index (χ3n) is 3.47. The van der Waals surface area contributed by atoms with Crippen LogP contribution in [0.2, 0.25) is 0 Å². The predicted octanol–water partition coefficient (Wildman–Crippen LogP) is 0.865. The summed E-state index contributed by atoms with van der Waals surface area (Å²) in [5.74, 6) is -0.263. The number of hydrogen-bond acceptors (Lipinski definition) is 3. The van der Waals surface area contributed by atoms with E-state index in [9.17, 15) is 9.59 Å². The summed E-state index contributed by atoms with van der Waals surface area (Å²) in [6, 6.07) is 3.57. The molecule has 1 saturated heterocycles. The van der Waals surface area contributed by atoms with E-state index in [1.54, 1.807) is 22.9 Å². The van der Waals surface area contributed by atoms with Gasteiger partial charge in [-0.2, -0.15) is 0 Å². The lowest BCUT2D eigenvalue weighted by atomic mass is 10.1. The topological polar surface area (TPSA) is 54.3 Å². The smallest absolute Gasteiger partial charge is 0.263 e. The molecule has 1 fully saturated rings. The number of unbranched alkanes of at least 4 members (excludes halogenated alkanes) is 1. The van der Waals surface area contributed by atoms with Gasteiger partial charge in [-0.25, -0.2) is 0 Å². The highest BCUT2D eigenvalue weighted by Crippen LogP contribution is 2.16. The fraction of sp³-hybridized carbons (Fsp3) is 0.571. The molecule has 104 valence electrons. The summed E-state index contributed by atoms with van der Waals surface area (Å²) in [6.45, 7) is 4.41. The highest BCUT2D eigenvalue weighted by atomic mass is 16.2. The van der Waals surface area contributed by atoms with Crippen molar-refractivity contribution in [2.45, 2.75) is 25.8 Å². The summed E-state index contributed by atoms with van der Waals surface area (Å²) < 4.78 is 1.68. The molecule has 0 aliphatic carbocycles. The molecule has 0 radical (unpaired) electrons. The maximum atomic E-state index is 12.3. The zero-order valence-corrected chi connectivity index (χ0v) is 11.6. The first-order valence-corrected chi connectivity index (χ1v) is 6.81. The fourth-order valence-corrected chi connectivity index (χ4v) is 2.29. The Kier molecular flexibility index (Phi) is 4.37. The second-order valence-electron chi connectivity index (χ2n) is 5.12. The number of carbonyl (C=O) groups excluding carboxylic acids is 1. The predicted molar refractivity (Wildman–Crippen MR) is 74.5 cm³/mol. The molecule has 0 unspecified atom stereocenters. The van der Waals surface area contributed by atoms with Crippen molar-refractivity contribution in [3.8, 4) is 0 Å². The third-order valence-corrected chi connectivity index (χ3v) is 3.47. The van der Waals surface area contributed by atoms with Gasteiger partial charge in [-0.1, -0.05) is 13.3 Å². The van der Waals surface area contributed by atoms with Crippen molar-refractivity contribution in [1.29, 1.82) is 0 Å². The Bertz CT molecular complexity index is 504. The summed E-state index contributed by atoms with van der Waals surface area (Å²) in [5, 5.41) is 2.79. The zero-order valence-electron chi connectivity index (χ0n) is 11.6. The van der Waals surface area contributed by atoms with Crippen LogP contribution in [0.3, 0.4) is 0 Å². The largest absolute Gasteiger partial charge is 0.352 e. The van der Waals surface area contributed by atoms with E-state index < -0.39 is 0 Å².